The summed E-state index contributed by atoms with van der Waals surface area (Å²) in [4.78, 5) is 12.5. The van der Waals surface area contributed by atoms with Crippen LogP contribution < -0.4 is 15.2 Å². The average Bonchev–Trinajstić information content (AvgIpc) is 2.96. The van der Waals surface area contributed by atoms with Crippen molar-refractivity contribution in [3.8, 4) is 22.9 Å². The maximum absolute atomic E-state index is 12.5. The first kappa shape index (κ1) is 13.9. The predicted molar refractivity (Wildman–Crippen MR) is 82.3 cm³/mol. The second-order valence-electron chi connectivity index (χ2n) is 4.59. The molecule has 0 aliphatic rings. The molecule has 0 fully saturated rings. The average molecular weight is 297 g/mol. The van der Waals surface area contributed by atoms with Crippen molar-refractivity contribution >= 4 is 0 Å². The van der Waals surface area contributed by atoms with Crippen molar-refractivity contribution < 1.29 is 9.47 Å². The molecule has 0 spiro atoms. The Balaban J connectivity index is 1.98. The van der Waals surface area contributed by atoms with Gasteiger partial charge in [0.15, 0.2) is 0 Å². The van der Waals surface area contributed by atoms with Crippen molar-refractivity contribution in [1.82, 2.24) is 14.3 Å². The maximum Gasteiger partial charge on any atom is 0.355 e. The van der Waals surface area contributed by atoms with Crippen LogP contribution in [0.3, 0.4) is 0 Å². The van der Waals surface area contributed by atoms with E-state index in [2.05, 4.69) is 5.10 Å². The second-order valence-corrected chi connectivity index (χ2v) is 4.59. The van der Waals surface area contributed by atoms with E-state index < -0.39 is 0 Å². The van der Waals surface area contributed by atoms with Gasteiger partial charge in [0.25, 0.3) is 0 Å². The number of nitrogens with zero attached hydrogens (tertiary/aromatic N) is 3. The molecule has 0 aliphatic heterocycles. The highest BCUT2D eigenvalue weighted by Gasteiger charge is 2.09. The van der Waals surface area contributed by atoms with Gasteiger partial charge in [0.05, 0.1) is 25.6 Å². The molecule has 0 atom stereocenters. The molecule has 1 aromatic heterocycles. The van der Waals surface area contributed by atoms with Crippen molar-refractivity contribution in [2.45, 2.75) is 0 Å². The summed E-state index contributed by atoms with van der Waals surface area (Å²) in [5.74, 6) is 1.46. The summed E-state index contributed by atoms with van der Waals surface area (Å²) in [6, 6.07) is 14.3. The molecule has 0 bridgehead atoms. The van der Waals surface area contributed by atoms with Crippen molar-refractivity contribution in [3.05, 3.63) is 65.3 Å². The quantitative estimate of drug-likeness (QED) is 0.739. The second kappa shape index (κ2) is 5.77. The molecule has 0 aliphatic carbocycles. The Bertz CT molecular complexity index is 749. The van der Waals surface area contributed by atoms with Gasteiger partial charge in [-0.3, -0.25) is 0 Å². The summed E-state index contributed by atoms with van der Waals surface area (Å²) < 4.78 is 13.0. The molecule has 0 unspecified atom stereocenters. The largest absolute Gasteiger partial charge is 0.497 e. The van der Waals surface area contributed by atoms with Crippen LogP contribution in [-0.2, 0) is 0 Å². The minimum Gasteiger partial charge on any atom is -0.497 e. The Morgan fingerprint density at radius 2 is 1.32 bits per heavy atom. The first-order chi connectivity index (χ1) is 10.7. The van der Waals surface area contributed by atoms with Crippen LogP contribution in [0.25, 0.3) is 11.4 Å². The molecule has 22 heavy (non-hydrogen) atoms. The lowest BCUT2D eigenvalue weighted by atomic mass is 10.3. The Morgan fingerprint density at radius 3 is 1.82 bits per heavy atom. The number of hydrogen-bond donors (Lipinski definition) is 0. The molecular weight excluding hydrogens is 282 g/mol. The van der Waals surface area contributed by atoms with Gasteiger partial charge in [-0.05, 0) is 48.5 Å². The third-order valence-electron chi connectivity index (χ3n) is 3.34. The van der Waals surface area contributed by atoms with Crippen molar-refractivity contribution in [1.29, 1.82) is 0 Å². The minimum atomic E-state index is -0.240. The Morgan fingerprint density at radius 1 is 0.818 bits per heavy atom. The zero-order valence-electron chi connectivity index (χ0n) is 12.3. The molecule has 3 rings (SSSR count). The number of ether oxygens (including phenoxy) is 2. The van der Waals surface area contributed by atoms with Crippen LogP contribution in [0.5, 0.6) is 11.5 Å². The van der Waals surface area contributed by atoms with Crippen LogP contribution in [0.2, 0.25) is 0 Å². The van der Waals surface area contributed by atoms with E-state index in [0.29, 0.717) is 5.69 Å². The topological polar surface area (TPSA) is 58.3 Å². The number of rotatable bonds is 4. The lowest BCUT2D eigenvalue weighted by Gasteiger charge is -2.03. The van der Waals surface area contributed by atoms with Crippen molar-refractivity contribution in [2.24, 2.45) is 0 Å². The summed E-state index contributed by atoms with van der Waals surface area (Å²) in [6.45, 7) is 0. The highest BCUT2D eigenvalue weighted by molar-refractivity contribution is 5.39. The highest BCUT2D eigenvalue weighted by atomic mass is 16.5. The van der Waals surface area contributed by atoms with E-state index in [4.69, 9.17) is 9.47 Å². The summed E-state index contributed by atoms with van der Waals surface area (Å²) >= 11 is 0. The molecule has 0 radical (unpaired) electrons. The van der Waals surface area contributed by atoms with Crippen LogP contribution in [-0.4, -0.2) is 28.6 Å². The van der Waals surface area contributed by atoms with E-state index in [1.807, 2.05) is 0 Å². The fourth-order valence-electron chi connectivity index (χ4n) is 2.12. The van der Waals surface area contributed by atoms with E-state index in [1.54, 1.807) is 62.8 Å². The Hall–Kier alpha value is -3.02. The van der Waals surface area contributed by atoms with Crippen LogP contribution in [0, 0.1) is 0 Å². The Labute approximate surface area is 127 Å². The summed E-state index contributed by atoms with van der Waals surface area (Å²) in [6.07, 6.45) is 1.49. The summed E-state index contributed by atoms with van der Waals surface area (Å²) in [5, 5.41) is 4.16. The fraction of sp³-hybridized carbons (Fsp3) is 0.125. The van der Waals surface area contributed by atoms with Gasteiger partial charge in [-0.1, -0.05) is 0 Å². The zero-order chi connectivity index (χ0) is 15.5. The van der Waals surface area contributed by atoms with Crippen LogP contribution >= 0.6 is 0 Å². The molecule has 0 amide bonds. The van der Waals surface area contributed by atoms with Crippen LogP contribution in [0.4, 0.5) is 0 Å². The highest BCUT2D eigenvalue weighted by Crippen LogP contribution is 2.15. The van der Waals surface area contributed by atoms with Crippen molar-refractivity contribution in [3.63, 3.8) is 0 Å². The van der Waals surface area contributed by atoms with Gasteiger partial charge in [0.2, 0.25) is 0 Å². The zero-order valence-corrected chi connectivity index (χ0v) is 12.3. The van der Waals surface area contributed by atoms with E-state index in [9.17, 15) is 4.79 Å². The number of benzene rings is 2. The van der Waals surface area contributed by atoms with Gasteiger partial charge in [0, 0.05) is 0 Å². The van der Waals surface area contributed by atoms with Crippen LogP contribution in [0.15, 0.2) is 59.7 Å². The standard InChI is InChI=1S/C16H15N3O3/c1-21-14-7-3-12(4-8-14)18-11-17-19(16(18)20)13-5-9-15(22-2)10-6-13/h3-11H,1-2H3. The van der Waals surface area contributed by atoms with Gasteiger partial charge in [-0.2, -0.15) is 9.78 Å². The lowest BCUT2D eigenvalue weighted by Crippen LogP contribution is -2.22. The van der Waals surface area contributed by atoms with Gasteiger partial charge < -0.3 is 9.47 Å². The van der Waals surface area contributed by atoms with Gasteiger partial charge >= 0.3 is 5.69 Å². The maximum atomic E-state index is 12.5. The van der Waals surface area contributed by atoms with Crippen molar-refractivity contribution in [2.75, 3.05) is 14.2 Å². The van der Waals surface area contributed by atoms with E-state index in [0.717, 1.165) is 17.2 Å². The molecule has 0 saturated carbocycles. The number of methoxy groups -OCH3 is 2. The van der Waals surface area contributed by atoms with E-state index in [1.165, 1.54) is 15.6 Å². The molecule has 1 heterocycles. The minimum absolute atomic E-state index is 0.240. The summed E-state index contributed by atoms with van der Waals surface area (Å²) in [7, 11) is 3.20. The molecular formula is C16H15N3O3. The molecule has 0 N–H and O–H groups in total. The normalized spacial score (nSPS) is 10.5. The monoisotopic (exact) mass is 297 g/mol. The van der Waals surface area contributed by atoms with Gasteiger partial charge in [0.1, 0.15) is 17.8 Å². The predicted octanol–water partition coefficient (Wildman–Crippen LogP) is 2.04. The summed E-state index contributed by atoms with van der Waals surface area (Å²) in [5.41, 5.74) is 1.17. The lowest BCUT2D eigenvalue weighted by molar-refractivity contribution is 0.414. The first-order valence-corrected chi connectivity index (χ1v) is 6.68. The molecule has 6 heteroatoms. The number of aromatic nitrogens is 3. The molecule has 0 saturated heterocycles. The molecule has 112 valence electrons. The first-order valence-electron chi connectivity index (χ1n) is 6.68. The SMILES string of the molecule is COc1ccc(-n2cnn(-c3ccc(OC)cc3)c2=O)cc1. The van der Waals surface area contributed by atoms with E-state index >= 15 is 0 Å². The smallest absolute Gasteiger partial charge is 0.355 e. The Kier molecular flexibility index (Phi) is 3.65. The molecule has 6 nitrogen and oxygen atoms in total. The third-order valence-corrected chi connectivity index (χ3v) is 3.34. The number of hydrogen-bond acceptors (Lipinski definition) is 4. The fourth-order valence-corrected chi connectivity index (χ4v) is 2.12. The van der Waals surface area contributed by atoms with Gasteiger partial charge in [-0.15, -0.1) is 0 Å². The van der Waals surface area contributed by atoms with E-state index in [-0.39, 0.29) is 5.69 Å². The van der Waals surface area contributed by atoms with Gasteiger partial charge in [-0.25, -0.2) is 9.36 Å². The van der Waals surface area contributed by atoms with Crippen LogP contribution in [0.1, 0.15) is 0 Å². The molecule has 3 aromatic rings. The molecule has 2 aromatic carbocycles. The third kappa shape index (κ3) is 2.46.